The molecule has 112 valence electrons. The summed E-state index contributed by atoms with van der Waals surface area (Å²) in [5, 5.41) is 8.91. The van der Waals surface area contributed by atoms with Gasteiger partial charge in [-0.1, -0.05) is 13.8 Å². The van der Waals surface area contributed by atoms with Gasteiger partial charge in [0.1, 0.15) is 0 Å². The summed E-state index contributed by atoms with van der Waals surface area (Å²) in [5.74, 6) is -0.958. The van der Waals surface area contributed by atoms with Crippen LogP contribution in [0.15, 0.2) is 0 Å². The number of aliphatic carboxylic acids is 1. The van der Waals surface area contributed by atoms with Crippen LogP contribution in [0.1, 0.15) is 52.4 Å². The third kappa shape index (κ3) is 4.43. The first-order chi connectivity index (χ1) is 8.85. The van der Waals surface area contributed by atoms with Gasteiger partial charge in [0.05, 0.1) is 6.42 Å². The van der Waals surface area contributed by atoms with Gasteiger partial charge in [-0.3, -0.25) is 4.79 Å². The first-order valence-electron chi connectivity index (χ1n) is 6.86. The quantitative estimate of drug-likeness (QED) is 0.671. The van der Waals surface area contributed by atoms with Gasteiger partial charge < -0.3 is 5.11 Å². The van der Waals surface area contributed by atoms with Crippen molar-refractivity contribution < 1.29 is 18.3 Å². The average Bonchev–Trinajstić information content (AvgIpc) is 2.25. The van der Waals surface area contributed by atoms with Crippen molar-refractivity contribution in [2.75, 3.05) is 13.1 Å². The van der Waals surface area contributed by atoms with Gasteiger partial charge in [-0.25, -0.2) is 0 Å². The number of hydrogen-bond acceptors (Lipinski definition) is 3. The Bertz CT molecular complexity index is 398. The molecule has 0 heterocycles. The summed E-state index contributed by atoms with van der Waals surface area (Å²) in [6.07, 6.45) is 3.42. The number of carboxylic acid groups (broad SMARTS) is 1. The van der Waals surface area contributed by atoms with Crippen LogP contribution in [0.5, 0.6) is 0 Å². The molecule has 19 heavy (non-hydrogen) atoms. The van der Waals surface area contributed by atoms with Gasteiger partial charge >= 0.3 is 5.97 Å². The molecule has 0 aromatic carbocycles. The summed E-state index contributed by atoms with van der Waals surface area (Å²) in [4.78, 5) is 10.9. The SMILES string of the molecule is CCCN(CCC)S(=O)(=O)NC1(CC(=O)O)CCC1. The van der Waals surface area contributed by atoms with Gasteiger partial charge in [-0.15, -0.1) is 0 Å². The lowest BCUT2D eigenvalue weighted by molar-refractivity contribution is -0.139. The highest BCUT2D eigenvalue weighted by molar-refractivity contribution is 7.87. The second-order valence-electron chi connectivity index (χ2n) is 5.21. The van der Waals surface area contributed by atoms with E-state index in [-0.39, 0.29) is 6.42 Å². The van der Waals surface area contributed by atoms with E-state index in [2.05, 4.69) is 4.72 Å². The molecule has 0 atom stereocenters. The first-order valence-corrected chi connectivity index (χ1v) is 8.30. The van der Waals surface area contributed by atoms with E-state index >= 15 is 0 Å². The highest BCUT2D eigenvalue weighted by atomic mass is 32.2. The van der Waals surface area contributed by atoms with E-state index < -0.39 is 21.7 Å². The molecule has 0 aliphatic heterocycles. The van der Waals surface area contributed by atoms with Crippen molar-refractivity contribution in [2.24, 2.45) is 0 Å². The smallest absolute Gasteiger partial charge is 0.305 e. The van der Waals surface area contributed by atoms with Crippen LogP contribution in [0, 0.1) is 0 Å². The van der Waals surface area contributed by atoms with Crippen molar-refractivity contribution in [1.29, 1.82) is 0 Å². The maximum Gasteiger partial charge on any atom is 0.305 e. The van der Waals surface area contributed by atoms with Crippen molar-refractivity contribution in [2.45, 2.75) is 57.9 Å². The van der Waals surface area contributed by atoms with Crippen LogP contribution in [0.2, 0.25) is 0 Å². The lowest BCUT2D eigenvalue weighted by Gasteiger charge is -2.42. The van der Waals surface area contributed by atoms with Gasteiger partial charge in [0.25, 0.3) is 10.2 Å². The molecule has 0 spiro atoms. The molecule has 7 heteroatoms. The predicted octanol–water partition coefficient (Wildman–Crippen LogP) is 1.34. The zero-order valence-electron chi connectivity index (χ0n) is 11.7. The molecule has 0 aromatic heterocycles. The minimum atomic E-state index is -3.59. The minimum Gasteiger partial charge on any atom is -0.481 e. The number of hydrogen-bond donors (Lipinski definition) is 2. The Morgan fingerprint density at radius 1 is 1.26 bits per heavy atom. The summed E-state index contributed by atoms with van der Waals surface area (Å²) >= 11 is 0. The molecule has 0 amide bonds. The summed E-state index contributed by atoms with van der Waals surface area (Å²) in [7, 11) is -3.59. The van der Waals surface area contributed by atoms with Crippen molar-refractivity contribution in [1.82, 2.24) is 9.03 Å². The standard InChI is InChI=1S/C12H24N2O4S/c1-3-8-14(9-4-2)19(17,18)13-12(6-5-7-12)10-11(15)16/h13H,3-10H2,1-2H3,(H,15,16). The van der Waals surface area contributed by atoms with Gasteiger partial charge in [-0.05, 0) is 32.1 Å². The van der Waals surface area contributed by atoms with Gasteiger partial charge in [0, 0.05) is 18.6 Å². The number of carbonyl (C=O) groups is 1. The van der Waals surface area contributed by atoms with Gasteiger partial charge in [0.15, 0.2) is 0 Å². The summed E-state index contributed by atoms with van der Waals surface area (Å²) in [6.45, 7) is 4.78. The van der Waals surface area contributed by atoms with Crippen LogP contribution >= 0.6 is 0 Å². The molecular formula is C12H24N2O4S. The third-order valence-corrected chi connectivity index (χ3v) is 5.17. The van der Waals surface area contributed by atoms with E-state index in [1.807, 2.05) is 13.8 Å². The molecule has 0 radical (unpaired) electrons. The first kappa shape index (κ1) is 16.4. The number of carboxylic acids is 1. The summed E-state index contributed by atoms with van der Waals surface area (Å²) < 4.78 is 28.7. The van der Waals surface area contributed by atoms with Crippen molar-refractivity contribution in [3.63, 3.8) is 0 Å². The second-order valence-corrected chi connectivity index (χ2v) is 6.88. The van der Waals surface area contributed by atoms with Crippen LogP contribution in [0.3, 0.4) is 0 Å². The van der Waals surface area contributed by atoms with Crippen LogP contribution in [0.4, 0.5) is 0 Å². The molecular weight excluding hydrogens is 268 g/mol. The molecule has 2 N–H and O–H groups in total. The molecule has 1 aliphatic rings. The Balaban J connectivity index is 2.78. The number of rotatable bonds is 9. The fourth-order valence-electron chi connectivity index (χ4n) is 2.40. The summed E-state index contributed by atoms with van der Waals surface area (Å²) in [5.41, 5.74) is -0.773. The zero-order valence-corrected chi connectivity index (χ0v) is 12.5. The van der Waals surface area contributed by atoms with E-state index in [4.69, 9.17) is 5.11 Å². The van der Waals surface area contributed by atoms with Crippen LogP contribution in [-0.4, -0.2) is 42.4 Å². The largest absolute Gasteiger partial charge is 0.481 e. The van der Waals surface area contributed by atoms with E-state index in [9.17, 15) is 13.2 Å². The fourth-order valence-corrected chi connectivity index (χ4v) is 4.20. The lowest BCUT2D eigenvalue weighted by atomic mass is 9.75. The van der Waals surface area contributed by atoms with Gasteiger partial charge in [-0.2, -0.15) is 17.4 Å². The normalized spacial score (nSPS) is 18.3. The molecule has 6 nitrogen and oxygen atoms in total. The van der Waals surface area contributed by atoms with Crippen LogP contribution < -0.4 is 4.72 Å². The molecule has 0 saturated heterocycles. The maximum atomic E-state index is 12.3. The Kier molecular flexibility index (Phi) is 5.76. The second kappa shape index (κ2) is 6.67. The number of nitrogens with zero attached hydrogens (tertiary/aromatic N) is 1. The fraction of sp³-hybridized carbons (Fsp3) is 0.917. The van der Waals surface area contributed by atoms with E-state index in [0.717, 1.165) is 19.3 Å². The monoisotopic (exact) mass is 292 g/mol. The topological polar surface area (TPSA) is 86.7 Å². The molecule has 0 aromatic rings. The van der Waals surface area contributed by atoms with Crippen LogP contribution in [0.25, 0.3) is 0 Å². The predicted molar refractivity (Wildman–Crippen MR) is 73.0 cm³/mol. The zero-order chi connectivity index (χ0) is 14.5. The van der Waals surface area contributed by atoms with E-state index in [1.54, 1.807) is 0 Å². The van der Waals surface area contributed by atoms with Crippen molar-refractivity contribution in [3.8, 4) is 0 Å². The van der Waals surface area contributed by atoms with Crippen molar-refractivity contribution >= 4 is 16.2 Å². The summed E-state index contributed by atoms with van der Waals surface area (Å²) in [6, 6.07) is 0. The average molecular weight is 292 g/mol. The minimum absolute atomic E-state index is 0.141. The Morgan fingerprint density at radius 2 is 1.79 bits per heavy atom. The lowest BCUT2D eigenvalue weighted by Crippen LogP contribution is -2.58. The van der Waals surface area contributed by atoms with Crippen molar-refractivity contribution in [3.05, 3.63) is 0 Å². The molecule has 0 bridgehead atoms. The molecule has 0 unspecified atom stereocenters. The highest BCUT2D eigenvalue weighted by Gasteiger charge is 2.43. The molecule has 1 saturated carbocycles. The molecule has 1 fully saturated rings. The Hall–Kier alpha value is -0.660. The third-order valence-electron chi connectivity index (χ3n) is 3.43. The highest BCUT2D eigenvalue weighted by Crippen LogP contribution is 2.35. The van der Waals surface area contributed by atoms with Gasteiger partial charge in [0.2, 0.25) is 0 Å². The molecule has 1 rings (SSSR count). The van der Waals surface area contributed by atoms with E-state index in [0.29, 0.717) is 25.9 Å². The number of nitrogens with one attached hydrogen (secondary N) is 1. The van der Waals surface area contributed by atoms with E-state index in [1.165, 1.54) is 4.31 Å². The maximum absolute atomic E-state index is 12.3. The van der Waals surface area contributed by atoms with Crippen LogP contribution in [-0.2, 0) is 15.0 Å². The Labute approximate surface area is 115 Å². The Morgan fingerprint density at radius 3 is 2.11 bits per heavy atom. The molecule has 1 aliphatic carbocycles.